The second-order valence-corrected chi connectivity index (χ2v) is 11.9. The average Bonchev–Trinajstić information content (AvgIpc) is 2.47. The van der Waals surface area contributed by atoms with Crippen molar-refractivity contribution in [2.75, 3.05) is 0 Å². The van der Waals surface area contributed by atoms with E-state index in [1.165, 1.54) is 64.2 Å². The van der Waals surface area contributed by atoms with Crippen LogP contribution in [0.4, 0.5) is 0 Å². The summed E-state index contributed by atoms with van der Waals surface area (Å²) in [6, 6.07) is 0. The Morgan fingerprint density at radius 2 is 1.38 bits per heavy atom. The Kier molecular flexibility index (Phi) is 3.82. The molecule has 0 aromatic rings. The zero-order chi connectivity index (χ0) is 17.4. The summed E-state index contributed by atoms with van der Waals surface area (Å²) in [7, 11) is 0. The smallest absolute Gasteiger partial charge is 0.0235 e. The van der Waals surface area contributed by atoms with E-state index in [1.54, 1.807) is 0 Å². The van der Waals surface area contributed by atoms with Crippen molar-refractivity contribution in [1.82, 2.24) is 0 Å². The van der Waals surface area contributed by atoms with Gasteiger partial charge in [-0.15, -0.1) is 0 Å². The van der Waals surface area contributed by atoms with Gasteiger partial charge in [-0.1, -0.05) is 60.8 Å². The van der Waals surface area contributed by atoms with Crippen molar-refractivity contribution in [1.29, 1.82) is 0 Å². The van der Waals surface area contributed by atoms with Crippen LogP contribution in [0.25, 0.3) is 0 Å². The average molecular weight is 331 g/mol. The summed E-state index contributed by atoms with van der Waals surface area (Å²) in [4.78, 5) is 0. The van der Waals surface area contributed by atoms with Crippen LogP contribution < -0.4 is 0 Å². The highest BCUT2D eigenvalue weighted by atomic mass is 14.7. The van der Waals surface area contributed by atoms with E-state index >= 15 is 0 Å². The summed E-state index contributed by atoms with van der Waals surface area (Å²) in [5.41, 5.74) is 2.40. The minimum Gasteiger partial charge on any atom is -0.0622 e. The van der Waals surface area contributed by atoms with E-state index in [1.807, 2.05) is 0 Å². The third-order valence-electron chi connectivity index (χ3n) is 10.7. The maximum atomic E-state index is 2.75. The summed E-state index contributed by atoms with van der Waals surface area (Å²) >= 11 is 0. The van der Waals surface area contributed by atoms with Gasteiger partial charge in [-0.25, -0.2) is 0 Å². The normalized spacial score (nSPS) is 56.8. The van der Waals surface area contributed by atoms with E-state index in [2.05, 4.69) is 41.5 Å². The minimum atomic E-state index is 0.575. The minimum absolute atomic E-state index is 0.575. The molecule has 4 fully saturated rings. The van der Waals surface area contributed by atoms with Gasteiger partial charge in [0.15, 0.2) is 0 Å². The summed E-state index contributed by atoms with van der Waals surface area (Å²) < 4.78 is 0. The second-order valence-electron chi connectivity index (χ2n) is 11.9. The Morgan fingerprint density at radius 3 is 2.12 bits per heavy atom. The van der Waals surface area contributed by atoms with Gasteiger partial charge >= 0.3 is 0 Å². The van der Waals surface area contributed by atoms with Gasteiger partial charge in [0.05, 0.1) is 0 Å². The van der Waals surface area contributed by atoms with E-state index in [0.717, 1.165) is 23.7 Å². The van der Waals surface area contributed by atoms with Crippen molar-refractivity contribution in [3.05, 3.63) is 0 Å². The fourth-order valence-electron chi connectivity index (χ4n) is 9.45. The van der Waals surface area contributed by atoms with Gasteiger partial charge in [0.1, 0.15) is 0 Å². The van der Waals surface area contributed by atoms with Crippen molar-refractivity contribution < 1.29 is 0 Å². The van der Waals surface area contributed by atoms with Crippen molar-refractivity contribution in [2.24, 2.45) is 45.3 Å². The molecule has 0 amide bonds. The highest BCUT2D eigenvalue weighted by molar-refractivity contribution is 5.15. The van der Waals surface area contributed by atoms with Crippen LogP contribution in [0.2, 0.25) is 0 Å². The zero-order valence-corrected chi connectivity index (χ0v) is 17.4. The molecule has 0 N–H and O–H groups in total. The number of rotatable bonds is 0. The molecule has 0 aromatic heterocycles. The molecule has 7 unspecified atom stereocenters. The van der Waals surface area contributed by atoms with Gasteiger partial charge in [-0.3, -0.25) is 0 Å². The lowest BCUT2D eigenvalue weighted by Gasteiger charge is -2.71. The predicted molar refractivity (Wildman–Crippen MR) is 104 cm³/mol. The molecule has 0 aliphatic heterocycles. The van der Waals surface area contributed by atoms with Gasteiger partial charge < -0.3 is 0 Å². The molecule has 138 valence electrons. The van der Waals surface area contributed by atoms with Gasteiger partial charge in [0.25, 0.3) is 0 Å². The molecule has 24 heavy (non-hydrogen) atoms. The molecule has 0 aromatic carbocycles. The first-order valence-corrected chi connectivity index (χ1v) is 11.2. The van der Waals surface area contributed by atoms with Crippen molar-refractivity contribution in [3.63, 3.8) is 0 Å². The van der Waals surface area contributed by atoms with E-state index in [9.17, 15) is 0 Å². The molecule has 7 atom stereocenters. The van der Waals surface area contributed by atoms with Crippen molar-refractivity contribution in [3.8, 4) is 0 Å². The van der Waals surface area contributed by atoms with E-state index in [4.69, 9.17) is 0 Å². The number of hydrogen-bond acceptors (Lipinski definition) is 0. The Labute approximate surface area is 151 Å². The van der Waals surface area contributed by atoms with Gasteiger partial charge in [-0.05, 0) is 90.3 Å². The van der Waals surface area contributed by atoms with Crippen molar-refractivity contribution in [2.45, 2.75) is 106 Å². The molecule has 4 aliphatic carbocycles. The highest BCUT2D eigenvalue weighted by Crippen LogP contribution is 2.74. The first-order chi connectivity index (χ1) is 11.2. The fraction of sp³-hybridized carbons (Fsp3) is 1.00. The van der Waals surface area contributed by atoms with Crippen LogP contribution >= 0.6 is 0 Å². The monoisotopic (exact) mass is 330 g/mol. The molecule has 0 nitrogen and oxygen atoms in total. The molecule has 0 heteroatoms. The number of hydrogen-bond donors (Lipinski definition) is 0. The summed E-state index contributed by atoms with van der Waals surface area (Å²) in [5.74, 6) is 3.92. The first-order valence-electron chi connectivity index (χ1n) is 11.2. The highest BCUT2D eigenvalue weighted by Gasteiger charge is 2.66. The summed E-state index contributed by atoms with van der Waals surface area (Å²) in [5, 5.41) is 0. The van der Waals surface area contributed by atoms with Crippen LogP contribution in [0, 0.1) is 45.3 Å². The third-order valence-corrected chi connectivity index (χ3v) is 10.7. The van der Waals surface area contributed by atoms with Gasteiger partial charge in [0, 0.05) is 0 Å². The van der Waals surface area contributed by atoms with Crippen LogP contribution in [-0.4, -0.2) is 0 Å². The Morgan fingerprint density at radius 1 is 0.625 bits per heavy atom. The van der Waals surface area contributed by atoms with Crippen LogP contribution in [-0.2, 0) is 0 Å². The molecular weight excluding hydrogens is 288 g/mol. The molecule has 0 bridgehead atoms. The van der Waals surface area contributed by atoms with Gasteiger partial charge in [-0.2, -0.15) is 0 Å². The van der Waals surface area contributed by atoms with Crippen LogP contribution in [0.3, 0.4) is 0 Å². The standard InChI is InChI=1S/C24H42/c1-17-9-7-15-23(5)18(17)10-11-20-22(4)14-8-13-21(2,3)19(22)12-16-24(20,23)6/h17-20H,7-16H2,1-6H3. The van der Waals surface area contributed by atoms with Gasteiger partial charge in [0.2, 0.25) is 0 Å². The van der Waals surface area contributed by atoms with Crippen LogP contribution in [0.5, 0.6) is 0 Å². The molecule has 0 saturated heterocycles. The summed E-state index contributed by atoms with van der Waals surface area (Å²) in [6.45, 7) is 16.0. The largest absolute Gasteiger partial charge is 0.0622 e. The zero-order valence-electron chi connectivity index (χ0n) is 17.4. The Hall–Kier alpha value is 0. The number of fused-ring (bicyclic) bond motifs is 5. The molecule has 0 heterocycles. The molecule has 4 aliphatic rings. The lowest BCUT2D eigenvalue weighted by atomic mass is 9.34. The van der Waals surface area contributed by atoms with Crippen LogP contribution in [0.1, 0.15) is 106 Å². The molecule has 0 radical (unpaired) electrons. The van der Waals surface area contributed by atoms with E-state index < -0.39 is 0 Å². The summed E-state index contributed by atoms with van der Waals surface area (Å²) in [6.07, 6.45) is 15.0. The lowest BCUT2D eigenvalue weighted by Crippen LogP contribution is -2.63. The topological polar surface area (TPSA) is 0 Å². The third kappa shape index (κ3) is 2.04. The van der Waals surface area contributed by atoms with E-state index in [0.29, 0.717) is 21.7 Å². The molecule has 0 spiro atoms. The molecule has 4 saturated carbocycles. The second kappa shape index (κ2) is 5.26. The lowest BCUT2D eigenvalue weighted by molar-refractivity contribution is -0.221. The Balaban J connectivity index is 1.75. The SMILES string of the molecule is CC1CCCC2(C)C1CCC1C3(C)CCCC(C)(C)C3CCC12C. The molecular formula is C24H42. The predicted octanol–water partition coefficient (Wildman–Crippen LogP) is 7.47. The van der Waals surface area contributed by atoms with Crippen LogP contribution in [0.15, 0.2) is 0 Å². The van der Waals surface area contributed by atoms with Crippen molar-refractivity contribution >= 4 is 0 Å². The van der Waals surface area contributed by atoms with E-state index in [-0.39, 0.29) is 0 Å². The molecule has 4 rings (SSSR count). The maximum absolute atomic E-state index is 2.75. The quantitative estimate of drug-likeness (QED) is 0.432. The Bertz CT molecular complexity index is 504. The maximum Gasteiger partial charge on any atom is -0.0235 e. The first kappa shape index (κ1) is 17.4. The fourth-order valence-corrected chi connectivity index (χ4v) is 9.45.